The number of aryl methyl sites for hydroxylation is 1. The number of nitrogens with zero attached hydrogens (tertiary/aromatic N) is 1. The van der Waals surface area contributed by atoms with Gasteiger partial charge in [-0.1, -0.05) is 6.07 Å². The minimum absolute atomic E-state index is 0.155. The Morgan fingerprint density at radius 2 is 1.64 bits per heavy atom. The highest BCUT2D eigenvalue weighted by molar-refractivity contribution is 7.98. The monoisotopic (exact) mass is 403 g/mol. The summed E-state index contributed by atoms with van der Waals surface area (Å²) in [4.78, 5) is 27.6. The van der Waals surface area contributed by atoms with Crippen LogP contribution in [0.3, 0.4) is 0 Å². The quantitative estimate of drug-likeness (QED) is 0.496. The van der Waals surface area contributed by atoms with Gasteiger partial charge in [0.1, 0.15) is 18.0 Å². The topological polar surface area (TPSA) is 65.1 Å². The summed E-state index contributed by atoms with van der Waals surface area (Å²) < 4.78 is 15.4. The van der Waals surface area contributed by atoms with Gasteiger partial charge in [-0.15, -0.1) is 11.8 Å². The number of hydrogen-bond acceptors (Lipinski definition) is 6. The molecule has 28 heavy (non-hydrogen) atoms. The van der Waals surface area contributed by atoms with E-state index in [1.165, 1.54) is 12.0 Å². The van der Waals surface area contributed by atoms with Gasteiger partial charge in [0, 0.05) is 23.1 Å². The summed E-state index contributed by atoms with van der Waals surface area (Å²) in [6.45, 7) is 1.93. The minimum Gasteiger partial charge on any atom is -0.497 e. The number of rotatable bonds is 8. The predicted molar refractivity (Wildman–Crippen MR) is 109 cm³/mol. The lowest BCUT2D eigenvalue weighted by molar-refractivity contribution is -0.141. The molecule has 2 rings (SSSR count). The van der Waals surface area contributed by atoms with Gasteiger partial charge in [-0.25, -0.2) is 0 Å². The zero-order chi connectivity index (χ0) is 20.7. The van der Waals surface area contributed by atoms with Crippen LogP contribution in [0.4, 0.5) is 0 Å². The smallest absolute Gasteiger partial charge is 0.325 e. The lowest BCUT2D eigenvalue weighted by Gasteiger charge is -2.23. The van der Waals surface area contributed by atoms with Gasteiger partial charge in [-0.05, 0) is 48.6 Å². The van der Waals surface area contributed by atoms with Gasteiger partial charge in [-0.3, -0.25) is 9.59 Å². The largest absolute Gasteiger partial charge is 0.497 e. The number of amides is 1. The van der Waals surface area contributed by atoms with E-state index in [-0.39, 0.29) is 19.0 Å². The van der Waals surface area contributed by atoms with E-state index < -0.39 is 5.97 Å². The molecule has 0 aliphatic rings. The molecular weight excluding hydrogens is 378 g/mol. The van der Waals surface area contributed by atoms with Crippen molar-refractivity contribution >= 4 is 23.6 Å². The molecule has 0 atom stereocenters. The van der Waals surface area contributed by atoms with Crippen molar-refractivity contribution in [1.29, 1.82) is 0 Å². The Hall–Kier alpha value is -2.67. The Balaban J connectivity index is 2.40. The molecule has 0 saturated carbocycles. The molecule has 7 heteroatoms. The Labute approximate surface area is 169 Å². The number of benzene rings is 2. The zero-order valence-electron chi connectivity index (χ0n) is 16.8. The van der Waals surface area contributed by atoms with Gasteiger partial charge in [0.2, 0.25) is 0 Å². The second kappa shape index (κ2) is 10.0. The second-order valence-corrected chi connectivity index (χ2v) is 7.02. The molecule has 0 heterocycles. The van der Waals surface area contributed by atoms with E-state index >= 15 is 0 Å². The minimum atomic E-state index is -0.484. The van der Waals surface area contributed by atoms with Crippen LogP contribution in [0.25, 0.3) is 0 Å². The third-order valence-electron chi connectivity index (χ3n) is 4.29. The zero-order valence-corrected chi connectivity index (χ0v) is 17.6. The molecule has 0 aliphatic carbocycles. The van der Waals surface area contributed by atoms with Crippen LogP contribution in [-0.2, 0) is 16.1 Å². The first-order valence-corrected chi connectivity index (χ1v) is 9.87. The lowest BCUT2D eigenvalue weighted by Crippen LogP contribution is -2.36. The maximum Gasteiger partial charge on any atom is 0.325 e. The van der Waals surface area contributed by atoms with Crippen LogP contribution in [0.5, 0.6) is 11.5 Å². The van der Waals surface area contributed by atoms with Gasteiger partial charge >= 0.3 is 5.97 Å². The van der Waals surface area contributed by atoms with Gasteiger partial charge in [0.15, 0.2) is 0 Å². The Kier molecular flexibility index (Phi) is 7.75. The molecule has 150 valence electrons. The Morgan fingerprint density at radius 1 is 1.00 bits per heavy atom. The molecule has 0 unspecified atom stereocenters. The average molecular weight is 404 g/mol. The SMILES string of the molecule is COC(=O)CN(Cc1cc(OC)cc(OC)c1)C(=O)c1cc(SC)ccc1C. The normalized spacial score (nSPS) is 10.3. The summed E-state index contributed by atoms with van der Waals surface area (Å²) in [5.41, 5.74) is 2.19. The fourth-order valence-electron chi connectivity index (χ4n) is 2.73. The summed E-state index contributed by atoms with van der Waals surface area (Å²) in [6.07, 6.45) is 1.95. The van der Waals surface area contributed by atoms with Crippen molar-refractivity contribution in [3.63, 3.8) is 0 Å². The number of esters is 1. The molecule has 0 saturated heterocycles. The number of carbonyl (C=O) groups excluding carboxylic acids is 2. The van der Waals surface area contributed by atoms with E-state index in [2.05, 4.69) is 0 Å². The molecule has 6 nitrogen and oxygen atoms in total. The maximum atomic E-state index is 13.2. The van der Waals surface area contributed by atoms with E-state index in [1.54, 1.807) is 32.0 Å². The standard InChI is InChI=1S/C21H25NO5S/c1-14-6-7-18(28-5)11-19(14)21(24)22(13-20(23)27-4)12-15-8-16(25-2)10-17(9-15)26-3/h6-11H,12-13H2,1-5H3. The van der Waals surface area contributed by atoms with Crippen LogP contribution in [0, 0.1) is 6.92 Å². The summed E-state index contributed by atoms with van der Waals surface area (Å²) in [6, 6.07) is 11.1. The van der Waals surface area contributed by atoms with Crippen LogP contribution in [0.15, 0.2) is 41.3 Å². The highest BCUT2D eigenvalue weighted by Gasteiger charge is 2.22. The fraction of sp³-hybridized carbons (Fsp3) is 0.333. The van der Waals surface area contributed by atoms with Crippen molar-refractivity contribution in [1.82, 2.24) is 4.90 Å². The number of methoxy groups -OCH3 is 3. The van der Waals surface area contributed by atoms with E-state index in [1.807, 2.05) is 43.5 Å². The molecule has 0 bridgehead atoms. The number of thioether (sulfide) groups is 1. The third kappa shape index (κ3) is 5.42. The average Bonchev–Trinajstić information content (AvgIpc) is 2.72. The summed E-state index contributed by atoms with van der Waals surface area (Å²) in [7, 11) is 4.43. The van der Waals surface area contributed by atoms with Crippen LogP contribution in [0.1, 0.15) is 21.5 Å². The van der Waals surface area contributed by atoms with Crippen molar-refractivity contribution in [2.45, 2.75) is 18.4 Å². The molecular formula is C21H25NO5S. The van der Waals surface area contributed by atoms with Gasteiger partial charge in [0.05, 0.1) is 21.3 Å². The summed E-state index contributed by atoms with van der Waals surface area (Å²) in [5, 5.41) is 0. The van der Waals surface area contributed by atoms with E-state index in [4.69, 9.17) is 14.2 Å². The van der Waals surface area contributed by atoms with Gasteiger partial charge in [-0.2, -0.15) is 0 Å². The maximum absolute atomic E-state index is 13.2. The number of hydrogen-bond donors (Lipinski definition) is 0. The van der Waals surface area contributed by atoms with E-state index in [0.717, 1.165) is 16.0 Å². The van der Waals surface area contributed by atoms with Crippen molar-refractivity contribution in [2.24, 2.45) is 0 Å². The molecule has 0 aromatic heterocycles. The van der Waals surface area contributed by atoms with E-state index in [0.29, 0.717) is 17.1 Å². The highest BCUT2D eigenvalue weighted by Crippen LogP contribution is 2.25. The van der Waals surface area contributed by atoms with Crippen molar-refractivity contribution in [3.05, 3.63) is 53.1 Å². The molecule has 2 aromatic carbocycles. The first-order valence-electron chi connectivity index (χ1n) is 8.64. The highest BCUT2D eigenvalue weighted by atomic mass is 32.2. The fourth-order valence-corrected chi connectivity index (χ4v) is 3.17. The first kappa shape index (κ1) is 21.6. The van der Waals surface area contributed by atoms with Crippen LogP contribution < -0.4 is 9.47 Å². The Morgan fingerprint density at radius 3 is 2.18 bits per heavy atom. The van der Waals surface area contributed by atoms with Gasteiger partial charge in [0.25, 0.3) is 5.91 Å². The second-order valence-electron chi connectivity index (χ2n) is 6.14. The molecule has 1 amide bonds. The molecule has 0 N–H and O–H groups in total. The van der Waals surface area contributed by atoms with Crippen molar-refractivity contribution in [2.75, 3.05) is 34.1 Å². The summed E-state index contributed by atoms with van der Waals surface area (Å²) >= 11 is 1.56. The van der Waals surface area contributed by atoms with Crippen molar-refractivity contribution in [3.8, 4) is 11.5 Å². The molecule has 0 radical (unpaired) electrons. The Bertz CT molecular complexity index is 830. The third-order valence-corrected chi connectivity index (χ3v) is 5.02. The number of ether oxygens (including phenoxy) is 3. The van der Waals surface area contributed by atoms with Crippen LogP contribution >= 0.6 is 11.8 Å². The molecule has 0 aliphatic heterocycles. The lowest BCUT2D eigenvalue weighted by atomic mass is 10.1. The van der Waals surface area contributed by atoms with Crippen LogP contribution in [-0.4, -0.2) is 50.9 Å². The first-order chi connectivity index (χ1) is 13.4. The molecule has 2 aromatic rings. The predicted octanol–water partition coefficient (Wildman–Crippen LogP) is 3.55. The van der Waals surface area contributed by atoms with E-state index in [9.17, 15) is 9.59 Å². The summed E-state index contributed by atoms with van der Waals surface area (Å²) in [5.74, 6) is 0.503. The number of carbonyl (C=O) groups is 2. The molecule has 0 fully saturated rings. The molecule has 0 spiro atoms. The van der Waals surface area contributed by atoms with Crippen LogP contribution in [0.2, 0.25) is 0 Å². The van der Waals surface area contributed by atoms with Gasteiger partial charge < -0.3 is 19.1 Å². The van der Waals surface area contributed by atoms with Crippen molar-refractivity contribution < 1.29 is 23.8 Å².